The second kappa shape index (κ2) is 15.3. The maximum atomic E-state index is 12.6. The van der Waals surface area contributed by atoms with Crippen LogP contribution in [0, 0.1) is 5.92 Å². The van der Waals surface area contributed by atoms with Gasteiger partial charge in [-0.2, -0.15) is 0 Å². The predicted octanol–water partition coefficient (Wildman–Crippen LogP) is 5.88. The third-order valence-electron chi connectivity index (χ3n) is 6.20. The fourth-order valence-electron chi connectivity index (χ4n) is 3.81. The molecule has 1 aromatic carbocycles. The summed E-state index contributed by atoms with van der Waals surface area (Å²) in [7, 11) is 3.44. The number of nitrogen functional groups attached to an aromatic ring is 1. The molecule has 0 fully saturated rings. The van der Waals surface area contributed by atoms with Gasteiger partial charge in [-0.1, -0.05) is 50.6 Å². The molecule has 0 bridgehead atoms. The third-order valence-corrected chi connectivity index (χ3v) is 6.20. The zero-order valence-corrected chi connectivity index (χ0v) is 22.4. The summed E-state index contributed by atoms with van der Waals surface area (Å²) in [5.41, 5.74) is 8.12. The molecule has 0 aliphatic carbocycles. The van der Waals surface area contributed by atoms with Crippen molar-refractivity contribution < 1.29 is 24.5 Å². The van der Waals surface area contributed by atoms with E-state index in [-0.39, 0.29) is 29.0 Å². The van der Waals surface area contributed by atoms with E-state index in [1.165, 1.54) is 11.6 Å². The number of nitrogens with one attached hydrogen (secondary N) is 1. The molecular formula is C28H44N2O5. The highest BCUT2D eigenvalue weighted by Gasteiger charge is 2.16. The van der Waals surface area contributed by atoms with Gasteiger partial charge in [0, 0.05) is 31.4 Å². The summed E-state index contributed by atoms with van der Waals surface area (Å²) in [6.07, 6.45) is 12.1. The van der Waals surface area contributed by atoms with Gasteiger partial charge in [-0.05, 0) is 51.9 Å². The molecule has 196 valence electrons. The Morgan fingerprint density at radius 3 is 2.46 bits per heavy atom. The topological polar surface area (TPSA) is 114 Å². The standard InChI is InChI=1S/C28H44N2O5/c1-8-21(34-6)15-18(3)13-14-19(4)16-22(35-7)12-10-11-20(5)28(33)30-24-17-25(31)26(29)23(9-2)27(24)32/h10-12,14,17-18,21-22,31-32H,8-9,13,15-16,29H2,1-7H3,(H,30,33)/b12-10-,19-14+,20-11+/t18-,21?,22?/m0/s1. The van der Waals surface area contributed by atoms with Crippen molar-refractivity contribution in [3.8, 4) is 11.5 Å². The molecule has 0 aliphatic heterocycles. The van der Waals surface area contributed by atoms with E-state index in [1.54, 1.807) is 40.2 Å². The van der Waals surface area contributed by atoms with E-state index in [0.29, 0.717) is 29.6 Å². The summed E-state index contributed by atoms with van der Waals surface area (Å²) in [5.74, 6) is -0.160. The van der Waals surface area contributed by atoms with Crippen LogP contribution in [0.2, 0.25) is 0 Å². The smallest absolute Gasteiger partial charge is 0.251 e. The molecule has 1 amide bonds. The molecule has 0 saturated carbocycles. The van der Waals surface area contributed by atoms with E-state index >= 15 is 0 Å². The van der Waals surface area contributed by atoms with Crippen LogP contribution in [0.15, 0.2) is 41.5 Å². The Labute approximate surface area is 210 Å². The number of carbonyl (C=O) groups excluding carboxylic acids is 1. The number of carbonyl (C=O) groups is 1. The number of amides is 1. The Hall–Kier alpha value is -2.77. The normalized spacial score (nSPS) is 15.3. The molecule has 1 aromatic rings. The molecule has 7 heteroatoms. The Bertz CT molecular complexity index is 916. The maximum absolute atomic E-state index is 12.6. The molecule has 5 N–H and O–H groups in total. The van der Waals surface area contributed by atoms with E-state index in [2.05, 4.69) is 32.2 Å². The Morgan fingerprint density at radius 1 is 1.20 bits per heavy atom. The summed E-state index contributed by atoms with van der Waals surface area (Å²) in [5, 5.41) is 23.0. The lowest BCUT2D eigenvalue weighted by Crippen LogP contribution is -2.13. The first kappa shape index (κ1) is 30.3. The van der Waals surface area contributed by atoms with E-state index in [1.807, 2.05) is 6.08 Å². The summed E-state index contributed by atoms with van der Waals surface area (Å²) in [4.78, 5) is 12.6. The van der Waals surface area contributed by atoms with Crippen molar-refractivity contribution >= 4 is 17.3 Å². The van der Waals surface area contributed by atoms with Gasteiger partial charge in [0.25, 0.3) is 5.91 Å². The Morgan fingerprint density at radius 2 is 1.89 bits per heavy atom. The molecule has 7 nitrogen and oxygen atoms in total. The van der Waals surface area contributed by atoms with Crippen LogP contribution >= 0.6 is 0 Å². The van der Waals surface area contributed by atoms with Gasteiger partial charge in [0.05, 0.1) is 23.6 Å². The van der Waals surface area contributed by atoms with E-state index < -0.39 is 5.91 Å². The van der Waals surface area contributed by atoms with Crippen LogP contribution < -0.4 is 11.1 Å². The molecule has 1 rings (SSSR count). The predicted molar refractivity (Wildman–Crippen MR) is 144 cm³/mol. The van der Waals surface area contributed by atoms with Crippen LogP contribution in [-0.4, -0.2) is 42.5 Å². The highest BCUT2D eigenvalue weighted by molar-refractivity contribution is 6.04. The molecule has 0 radical (unpaired) electrons. The van der Waals surface area contributed by atoms with Crippen molar-refractivity contribution in [1.29, 1.82) is 0 Å². The minimum Gasteiger partial charge on any atom is -0.506 e. The van der Waals surface area contributed by atoms with Crippen molar-refractivity contribution in [2.24, 2.45) is 5.92 Å². The third kappa shape index (κ3) is 9.78. The number of rotatable bonds is 14. The SMILES string of the molecule is CCc1c(N)c(O)cc(NC(=O)/C(C)=C/C=C\C(C/C(C)=C/C[C@H](C)CC(CC)OC)OC)c1O. The monoisotopic (exact) mass is 488 g/mol. The summed E-state index contributed by atoms with van der Waals surface area (Å²) in [6.45, 7) is 9.97. The second-order valence-electron chi connectivity index (χ2n) is 9.10. The molecule has 35 heavy (non-hydrogen) atoms. The molecule has 0 spiro atoms. The summed E-state index contributed by atoms with van der Waals surface area (Å²) in [6, 6.07) is 1.25. The second-order valence-corrected chi connectivity index (χ2v) is 9.10. The highest BCUT2D eigenvalue weighted by atomic mass is 16.5. The van der Waals surface area contributed by atoms with Gasteiger partial charge in [0.2, 0.25) is 0 Å². The van der Waals surface area contributed by atoms with Crippen LogP contribution in [0.3, 0.4) is 0 Å². The van der Waals surface area contributed by atoms with Gasteiger partial charge < -0.3 is 30.7 Å². The highest BCUT2D eigenvalue weighted by Crippen LogP contribution is 2.39. The number of anilines is 2. The van der Waals surface area contributed by atoms with Crippen molar-refractivity contribution in [1.82, 2.24) is 0 Å². The first-order valence-electron chi connectivity index (χ1n) is 12.3. The van der Waals surface area contributed by atoms with Crippen LogP contribution in [0.25, 0.3) is 0 Å². The zero-order valence-electron chi connectivity index (χ0n) is 22.4. The Balaban J connectivity index is 2.74. The van der Waals surface area contributed by atoms with Crippen molar-refractivity contribution in [2.75, 3.05) is 25.3 Å². The average Bonchev–Trinajstić information content (AvgIpc) is 2.83. The van der Waals surface area contributed by atoms with Crippen molar-refractivity contribution in [3.63, 3.8) is 0 Å². The molecule has 0 heterocycles. The van der Waals surface area contributed by atoms with Gasteiger partial charge in [-0.3, -0.25) is 4.79 Å². The minimum atomic E-state index is -0.392. The maximum Gasteiger partial charge on any atom is 0.251 e. The molecule has 3 atom stereocenters. The number of methoxy groups -OCH3 is 2. The van der Waals surface area contributed by atoms with Crippen LogP contribution in [0.4, 0.5) is 11.4 Å². The number of hydrogen-bond donors (Lipinski definition) is 4. The summed E-state index contributed by atoms with van der Waals surface area (Å²) < 4.78 is 11.1. The fourth-order valence-corrected chi connectivity index (χ4v) is 3.81. The van der Waals surface area contributed by atoms with Gasteiger partial charge in [0.1, 0.15) is 11.5 Å². The van der Waals surface area contributed by atoms with Gasteiger partial charge in [0.15, 0.2) is 0 Å². The molecule has 2 unspecified atom stereocenters. The van der Waals surface area contributed by atoms with Gasteiger partial charge in [-0.15, -0.1) is 0 Å². The van der Waals surface area contributed by atoms with Crippen molar-refractivity contribution in [3.05, 3.63) is 47.1 Å². The van der Waals surface area contributed by atoms with E-state index in [4.69, 9.17) is 15.2 Å². The van der Waals surface area contributed by atoms with Crippen LogP contribution in [0.1, 0.15) is 65.9 Å². The number of allylic oxidation sites excluding steroid dienone is 3. The van der Waals surface area contributed by atoms with Crippen molar-refractivity contribution in [2.45, 2.75) is 78.9 Å². The fraction of sp³-hybridized carbons (Fsp3) is 0.536. The number of phenolic OH excluding ortho intramolecular Hbond substituents is 2. The minimum absolute atomic E-state index is 0.110. The largest absolute Gasteiger partial charge is 0.506 e. The number of phenols is 2. The van der Waals surface area contributed by atoms with E-state index in [9.17, 15) is 15.0 Å². The molecular weight excluding hydrogens is 444 g/mol. The zero-order chi connectivity index (χ0) is 26.5. The quantitative estimate of drug-likeness (QED) is 0.0650. The van der Waals surface area contributed by atoms with E-state index in [0.717, 1.165) is 25.7 Å². The first-order chi connectivity index (χ1) is 16.6. The lowest BCUT2D eigenvalue weighted by Gasteiger charge is -2.18. The molecule has 0 saturated heterocycles. The van der Waals surface area contributed by atoms with Crippen LogP contribution in [-0.2, 0) is 20.7 Å². The lowest BCUT2D eigenvalue weighted by atomic mass is 9.96. The number of hydrogen-bond acceptors (Lipinski definition) is 6. The lowest BCUT2D eigenvalue weighted by molar-refractivity contribution is -0.112. The number of benzene rings is 1. The number of ether oxygens (including phenoxy) is 2. The van der Waals surface area contributed by atoms with Gasteiger partial charge in [-0.25, -0.2) is 0 Å². The number of aromatic hydroxyl groups is 2. The molecule has 0 aliphatic rings. The summed E-state index contributed by atoms with van der Waals surface area (Å²) >= 11 is 0. The Kier molecular flexibility index (Phi) is 13.2. The van der Waals surface area contributed by atoms with Crippen LogP contribution in [0.5, 0.6) is 11.5 Å². The average molecular weight is 489 g/mol. The first-order valence-corrected chi connectivity index (χ1v) is 12.3. The molecule has 0 aromatic heterocycles. The number of nitrogens with two attached hydrogens (primary N) is 1. The van der Waals surface area contributed by atoms with Gasteiger partial charge >= 0.3 is 0 Å².